The van der Waals surface area contributed by atoms with Gasteiger partial charge in [0.1, 0.15) is 0 Å². The monoisotopic (exact) mass is 312 g/mol. The van der Waals surface area contributed by atoms with Gasteiger partial charge in [-0.25, -0.2) is 0 Å². The normalized spacial score (nSPS) is 16.0. The molecule has 0 radical (unpaired) electrons. The molecule has 1 atom stereocenters. The Hall–Kier alpha value is -0.520. The topological polar surface area (TPSA) is 0 Å². The van der Waals surface area contributed by atoms with Crippen LogP contribution in [0.25, 0.3) is 0 Å². The van der Waals surface area contributed by atoms with Crippen LogP contribution in [0.5, 0.6) is 0 Å². The first-order valence-corrected chi connectivity index (χ1v) is 9.91. The molecule has 0 bridgehead atoms. The Labute approximate surface area is 144 Å². The van der Waals surface area contributed by atoms with Crippen LogP contribution in [0, 0.1) is 5.92 Å². The van der Waals surface area contributed by atoms with Gasteiger partial charge in [0.25, 0.3) is 0 Å². The fourth-order valence-corrected chi connectivity index (χ4v) is 2.77. The SMILES string of the molecule is CC.CC.CC.CCC.CCC1=C(C)CC(C)C(CC)=C1C. The molecule has 22 heavy (non-hydrogen) atoms. The Bertz CT molecular complexity index is 266. The van der Waals surface area contributed by atoms with E-state index in [0.29, 0.717) is 0 Å². The summed E-state index contributed by atoms with van der Waals surface area (Å²) in [6.07, 6.45) is 4.96. The zero-order valence-corrected chi connectivity index (χ0v) is 18.4. The smallest absolute Gasteiger partial charge is 0.0189 e. The van der Waals surface area contributed by atoms with Crippen LogP contribution in [0.4, 0.5) is 0 Å². The lowest BCUT2D eigenvalue weighted by Crippen LogP contribution is -2.10. The molecule has 1 aliphatic carbocycles. The standard InChI is InChI=1S/C13H22.C3H8.3C2H6/c1-6-12-9(3)8-10(4)13(7-2)11(12)5;1-3-2;3*1-2/h9H,6-8H2,1-5H3;3H2,1-2H3;3*1-2H3. The van der Waals surface area contributed by atoms with Gasteiger partial charge in [-0.1, -0.05) is 93.7 Å². The third-order valence-corrected chi connectivity index (χ3v) is 3.39. The van der Waals surface area contributed by atoms with Crippen LogP contribution in [-0.2, 0) is 0 Å². The maximum Gasteiger partial charge on any atom is -0.0189 e. The van der Waals surface area contributed by atoms with Crippen molar-refractivity contribution in [3.63, 3.8) is 0 Å². The van der Waals surface area contributed by atoms with Gasteiger partial charge in [0.2, 0.25) is 0 Å². The Morgan fingerprint density at radius 3 is 1.41 bits per heavy atom. The molecule has 0 nitrogen and oxygen atoms in total. The van der Waals surface area contributed by atoms with Crippen molar-refractivity contribution >= 4 is 0 Å². The van der Waals surface area contributed by atoms with Crippen molar-refractivity contribution in [1.82, 2.24) is 0 Å². The zero-order valence-electron chi connectivity index (χ0n) is 18.4. The molecule has 0 aromatic rings. The third kappa shape index (κ3) is 12.1. The number of hydrogen-bond donors (Lipinski definition) is 0. The summed E-state index contributed by atoms with van der Waals surface area (Å²) in [5.74, 6) is 0.778. The molecule has 0 aromatic carbocycles. The largest absolute Gasteiger partial charge is 0.0693 e. The fraction of sp³-hybridized carbons (Fsp3) is 0.818. The summed E-state index contributed by atoms with van der Waals surface area (Å²) < 4.78 is 0. The molecule has 136 valence electrons. The molecule has 0 amide bonds. The van der Waals surface area contributed by atoms with Crippen LogP contribution in [-0.4, -0.2) is 0 Å². The van der Waals surface area contributed by atoms with Crippen LogP contribution < -0.4 is 0 Å². The molecule has 0 saturated carbocycles. The van der Waals surface area contributed by atoms with E-state index in [4.69, 9.17) is 0 Å². The van der Waals surface area contributed by atoms with E-state index >= 15 is 0 Å². The summed E-state index contributed by atoms with van der Waals surface area (Å²) in [5, 5.41) is 0. The lowest BCUT2D eigenvalue weighted by atomic mass is 9.79. The summed E-state index contributed by atoms with van der Waals surface area (Å²) in [6.45, 7) is 27.8. The minimum absolute atomic E-state index is 0.778. The number of hydrogen-bond acceptors (Lipinski definition) is 0. The van der Waals surface area contributed by atoms with Gasteiger partial charge in [0.05, 0.1) is 0 Å². The molecule has 1 aliphatic rings. The maximum atomic E-state index is 2.36. The maximum absolute atomic E-state index is 2.36. The van der Waals surface area contributed by atoms with Gasteiger partial charge in [-0.2, -0.15) is 0 Å². The Balaban J connectivity index is -0.000000153. The van der Waals surface area contributed by atoms with Gasteiger partial charge in [-0.15, -0.1) is 0 Å². The predicted octanol–water partition coefficient (Wildman–Crippen LogP) is 8.97. The summed E-state index contributed by atoms with van der Waals surface area (Å²) in [4.78, 5) is 0. The van der Waals surface area contributed by atoms with Crippen molar-refractivity contribution in [2.75, 3.05) is 0 Å². The molecule has 0 spiro atoms. The quantitative estimate of drug-likeness (QED) is 0.477. The van der Waals surface area contributed by atoms with Gasteiger partial charge in [0.15, 0.2) is 0 Å². The van der Waals surface area contributed by atoms with E-state index in [2.05, 4.69) is 48.5 Å². The molecular weight excluding hydrogens is 264 g/mol. The summed E-state index contributed by atoms with van der Waals surface area (Å²) >= 11 is 0. The Morgan fingerprint density at radius 1 is 0.773 bits per heavy atom. The van der Waals surface area contributed by atoms with Crippen LogP contribution in [0.3, 0.4) is 0 Å². The van der Waals surface area contributed by atoms with E-state index < -0.39 is 0 Å². The second kappa shape index (κ2) is 22.8. The lowest BCUT2D eigenvalue weighted by Gasteiger charge is -2.27. The van der Waals surface area contributed by atoms with Crippen LogP contribution in [0.15, 0.2) is 22.3 Å². The van der Waals surface area contributed by atoms with E-state index in [-0.39, 0.29) is 0 Å². The summed E-state index contributed by atoms with van der Waals surface area (Å²) in [5.41, 5.74) is 6.50. The van der Waals surface area contributed by atoms with Gasteiger partial charge in [-0.3, -0.25) is 0 Å². The van der Waals surface area contributed by atoms with E-state index in [1.807, 2.05) is 41.5 Å². The highest BCUT2D eigenvalue weighted by Gasteiger charge is 2.19. The first-order valence-electron chi connectivity index (χ1n) is 9.91. The molecule has 1 rings (SSSR count). The van der Waals surface area contributed by atoms with Crippen molar-refractivity contribution in [3.05, 3.63) is 22.3 Å². The van der Waals surface area contributed by atoms with E-state index in [9.17, 15) is 0 Å². The highest BCUT2D eigenvalue weighted by molar-refractivity contribution is 5.41. The van der Waals surface area contributed by atoms with E-state index in [1.54, 1.807) is 22.3 Å². The lowest BCUT2D eigenvalue weighted by molar-refractivity contribution is 0.618. The third-order valence-electron chi connectivity index (χ3n) is 3.39. The van der Waals surface area contributed by atoms with Crippen molar-refractivity contribution in [3.8, 4) is 0 Å². The molecule has 0 heteroatoms. The molecule has 0 heterocycles. The van der Waals surface area contributed by atoms with Crippen LogP contribution in [0.2, 0.25) is 0 Å². The number of allylic oxidation sites excluding steroid dienone is 4. The second-order valence-corrected chi connectivity index (χ2v) is 4.93. The minimum atomic E-state index is 0.778. The van der Waals surface area contributed by atoms with Gasteiger partial charge >= 0.3 is 0 Å². The molecule has 0 aromatic heterocycles. The molecule has 0 saturated heterocycles. The number of rotatable bonds is 2. The van der Waals surface area contributed by atoms with Crippen LogP contribution in [0.1, 0.15) is 116 Å². The van der Waals surface area contributed by atoms with Crippen molar-refractivity contribution < 1.29 is 0 Å². The fourth-order valence-electron chi connectivity index (χ4n) is 2.77. The average Bonchev–Trinajstić information content (AvgIpc) is 2.54. The van der Waals surface area contributed by atoms with Crippen molar-refractivity contribution in [2.24, 2.45) is 5.92 Å². The summed E-state index contributed by atoms with van der Waals surface area (Å²) in [6, 6.07) is 0. The molecular formula is C22H48. The van der Waals surface area contributed by atoms with Gasteiger partial charge < -0.3 is 0 Å². The van der Waals surface area contributed by atoms with Crippen LogP contribution >= 0.6 is 0 Å². The predicted molar refractivity (Wildman–Crippen MR) is 110 cm³/mol. The average molecular weight is 313 g/mol. The second-order valence-electron chi connectivity index (χ2n) is 4.93. The molecule has 0 aliphatic heterocycles. The van der Waals surface area contributed by atoms with E-state index in [0.717, 1.165) is 5.92 Å². The highest BCUT2D eigenvalue weighted by Crippen LogP contribution is 2.36. The summed E-state index contributed by atoms with van der Waals surface area (Å²) in [7, 11) is 0. The first-order chi connectivity index (χ1) is 10.5. The molecule has 0 N–H and O–H groups in total. The Kier molecular flexibility index (Phi) is 30.5. The van der Waals surface area contributed by atoms with Crippen molar-refractivity contribution in [1.29, 1.82) is 0 Å². The first kappa shape index (κ1) is 29.5. The van der Waals surface area contributed by atoms with E-state index in [1.165, 1.54) is 25.7 Å². The molecule has 0 fully saturated rings. The van der Waals surface area contributed by atoms with Gasteiger partial charge in [0, 0.05) is 0 Å². The molecule has 1 unspecified atom stereocenters. The Morgan fingerprint density at radius 2 is 1.14 bits per heavy atom. The highest BCUT2D eigenvalue weighted by atomic mass is 14.2. The van der Waals surface area contributed by atoms with Crippen molar-refractivity contribution in [2.45, 2.75) is 116 Å². The van der Waals surface area contributed by atoms with Gasteiger partial charge in [-0.05, 0) is 50.2 Å². The zero-order chi connectivity index (χ0) is 18.7. The minimum Gasteiger partial charge on any atom is -0.0693 e.